The lowest BCUT2D eigenvalue weighted by Crippen LogP contribution is -2.23. The predicted octanol–water partition coefficient (Wildman–Crippen LogP) is 2.35. The molecule has 0 aliphatic heterocycles. The molecule has 3 heteroatoms. The zero-order valence-electron chi connectivity index (χ0n) is 7.84. The van der Waals surface area contributed by atoms with Crippen LogP contribution in [0.2, 0.25) is 0 Å². The zero-order valence-corrected chi connectivity index (χ0v) is 8.66. The molecule has 0 atom stereocenters. The molecule has 1 aromatic heterocycles. The highest BCUT2D eigenvalue weighted by atomic mass is 32.1. The molecule has 0 bridgehead atoms. The van der Waals surface area contributed by atoms with Crippen LogP contribution in [0.3, 0.4) is 0 Å². The molecule has 2 nitrogen and oxygen atoms in total. The van der Waals surface area contributed by atoms with E-state index in [0.717, 1.165) is 5.69 Å². The maximum Gasteiger partial charge on any atom is 0.223 e. The molecule has 66 valence electrons. The fourth-order valence-electron chi connectivity index (χ4n) is 1.22. The number of anilines is 1. The normalized spacial score (nSPS) is 10.0. The molecular formula is C9H13NOS. The van der Waals surface area contributed by atoms with Gasteiger partial charge in [0.15, 0.2) is 0 Å². The molecule has 0 aliphatic carbocycles. The monoisotopic (exact) mass is 183 g/mol. The molecule has 1 aromatic rings. The molecule has 1 heterocycles. The number of nitrogens with zero attached hydrogens (tertiary/aromatic N) is 1. The Morgan fingerprint density at radius 2 is 2.08 bits per heavy atom. The van der Waals surface area contributed by atoms with E-state index < -0.39 is 0 Å². The third-order valence-electron chi connectivity index (χ3n) is 1.93. The van der Waals surface area contributed by atoms with Gasteiger partial charge in [-0.1, -0.05) is 0 Å². The number of aryl methyl sites for hydroxylation is 2. The molecule has 0 N–H and O–H groups in total. The quantitative estimate of drug-likeness (QED) is 0.654. The first-order chi connectivity index (χ1) is 5.54. The molecule has 12 heavy (non-hydrogen) atoms. The minimum Gasteiger partial charge on any atom is -0.314 e. The third kappa shape index (κ3) is 1.50. The first-order valence-corrected chi connectivity index (χ1v) is 4.71. The smallest absolute Gasteiger partial charge is 0.223 e. The molecule has 0 unspecified atom stereocenters. The lowest BCUT2D eigenvalue weighted by molar-refractivity contribution is -0.116. The number of hydrogen-bond donors (Lipinski definition) is 0. The number of amides is 1. The number of rotatable bonds is 1. The Kier molecular flexibility index (Phi) is 2.52. The Labute approximate surface area is 76.8 Å². The van der Waals surface area contributed by atoms with Crippen LogP contribution in [-0.4, -0.2) is 13.0 Å². The second-order valence-electron chi connectivity index (χ2n) is 2.90. The lowest BCUT2D eigenvalue weighted by Gasteiger charge is -2.15. The lowest BCUT2D eigenvalue weighted by atomic mass is 10.2. The first-order valence-electron chi connectivity index (χ1n) is 3.83. The van der Waals surface area contributed by atoms with Gasteiger partial charge in [-0.05, 0) is 24.8 Å². The molecule has 0 radical (unpaired) electrons. The number of thiophene rings is 1. The van der Waals surface area contributed by atoms with Crippen LogP contribution in [-0.2, 0) is 4.79 Å². The largest absolute Gasteiger partial charge is 0.314 e. The third-order valence-corrected chi connectivity index (χ3v) is 2.95. The van der Waals surface area contributed by atoms with Crippen LogP contribution in [0.5, 0.6) is 0 Å². The summed E-state index contributed by atoms with van der Waals surface area (Å²) in [5, 5.41) is 2.07. The van der Waals surface area contributed by atoms with Crippen molar-refractivity contribution in [2.45, 2.75) is 20.8 Å². The Hall–Kier alpha value is -0.830. The number of hydrogen-bond acceptors (Lipinski definition) is 2. The second kappa shape index (κ2) is 3.27. The molecule has 0 fully saturated rings. The van der Waals surface area contributed by atoms with Crippen molar-refractivity contribution in [3.8, 4) is 0 Å². The summed E-state index contributed by atoms with van der Waals surface area (Å²) >= 11 is 1.68. The Balaban J connectivity index is 3.08. The van der Waals surface area contributed by atoms with Gasteiger partial charge in [0.2, 0.25) is 5.91 Å². The van der Waals surface area contributed by atoms with E-state index in [1.165, 1.54) is 10.4 Å². The van der Waals surface area contributed by atoms with Crippen LogP contribution < -0.4 is 4.90 Å². The Morgan fingerprint density at radius 1 is 1.50 bits per heavy atom. The maximum atomic E-state index is 11.1. The summed E-state index contributed by atoms with van der Waals surface area (Å²) in [6.45, 7) is 5.64. The highest BCUT2D eigenvalue weighted by Gasteiger charge is 2.12. The SMILES string of the molecule is CC(=O)N(C)c1c(C)csc1C. The van der Waals surface area contributed by atoms with Gasteiger partial charge in [0.1, 0.15) is 0 Å². The van der Waals surface area contributed by atoms with Crippen LogP contribution >= 0.6 is 11.3 Å². The molecule has 0 aromatic carbocycles. The molecule has 1 amide bonds. The summed E-state index contributed by atoms with van der Waals surface area (Å²) in [4.78, 5) is 14.0. The van der Waals surface area contributed by atoms with Crippen molar-refractivity contribution in [3.63, 3.8) is 0 Å². The second-order valence-corrected chi connectivity index (χ2v) is 3.99. The van der Waals surface area contributed by atoms with Crippen molar-refractivity contribution in [2.24, 2.45) is 0 Å². The maximum absolute atomic E-state index is 11.1. The summed E-state index contributed by atoms with van der Waals surface area (Å²) in [7, 11) is 1.81. The molecular weight excluding hydrogens is 170 g/mol. The first kappa shape index (κ1) is 9.26. The van der Waals surface area contributed by atoms with Gasteiger partial charge in [-0.15, -0.1) is 11.3 Å². The highest BCUT2D eigenvalue weighted by Crippen LogP contribution is 2.29. The van der Waals surface area contributed by atoms with Crippen molar-refractivity contribution < 1.29 is 4.79 Å². The Bertz CT molecular complexity index is 284. The van der Waals surface area contributed by atoms with Gasteiger partial charge in [0.05, 0.1) is 5.69 Å². The molecule has 1 rings (SSSR count). The van der Waals surface area contributed by atoms with E-state index in [9.17, 15) is 4.79 Å². The Morgan fingerprint density at radius 3 is 2.42 bits per heavy atom. The van der Waals surface area contributed by atoms with Crippen molar-refractivity contribution >= 4 is 22.9 Å². The molecule has 0 saturated carbocycles. The summed E-state index contributed by atoms with van der Waals surface area (Å²) in [6.07, 6.45) is 0. The standard InChI is InChI=1S/C9H13NOS/c1-6-5-12-7(2)9(6)10(4)8(3)11/h5H,1-4H3. The van der Waals surface area contributed by atoms with Gasteiger partial charge in [0, 0.05) is 18.8 Å². The number of carbonyl (C=O) groups excluding carboxylic acids is 1. The van der Waals surface area contributed by atoms with Gasteiger partial charge in [0.25, 0.3) is 0 Å². The summed E-state index contributed by atoms with van der Waals surface area (Å²) in [6, 6.07) is 0. The van der Waals surface area contributed by atoms with E-state index in [1.54, 1.807) is 23.2 Å². The van der Waals surface area contributed by atoms with Gasteiger partial charge in [-0.3, -0.25) is 4.79 Å². The van der Waals surface area contributed by atoms with Crippen molar-refractivity contribution in [1.82, 2.24) is 0 Å². The highest BCUT2D eigenvalue weighted by molar-refractivity contribution is 7.10. The minimum atomic E-state index is 0.0830. The summed E-state index contributed by atoms with van der Waals surface area (Å²) in [5.41, 5.74) is 2.24. The zero-order chi connectivity index (χ0) is 9.30. The van der Waals surface area contributed by atoms with Crippen LogP contribution in [0, 0.1) is 13.8 Å². The minimum absolute atomic E-state index is 0.0830. The molecule has 0 saturated heterocycles. The van der Waals surface area contributed by atoms with Crippen molar-refractivity contribution in [1.29, 1.82) is 0 Å². The van der Waals surface area contributed by atoms with Crippen molar-refractivity contribution in [2.75, 3.05) is 11.9 Å². The van der Waals surface area contributed by atoms with E-state index in [0.29, 0.717) is 0 Å². The number of carbonyl (C=O) groups is 1. The van der Waals surface area contributed by atoms with E-state index in [-0.39, 0.29) is 5.91 Å². The average molecular weight is 183 g/mol. The summed E-state index contributed by atoms with van der Waals surface area (Å²) < 4.78 is 0. The van der Waals surface area contributed by atoms with Gasteiger partial charge in [-0.25, -0.2) is 0 Å². The van der Waals surface area contributed by atoms with Gasteiger partial charge in [-0.2, -0.15) is 0 Å². The molecule has 0 spiro atoms. The van der Waals surface area contributed by atoms with E-state index >= 15 is 0 Å². The van der Waals surface area contributed by atoms with E-state index in [4.69, 9.17) is 0 Å². The van der Waals surface area contributed by atoms with E-state index in [2.05, 4.69) is 5.38 Å². The van der Waals surface area contributed by atoms with Crippen molar-refractivity contribution in [3.05, 3.63) is 15.8 Å². The topological polar surface area (TPSA) is 20.3 Å². The predicted molar refractivity (Wildman–Crippen MR) is 52.9 cm³/mol. The van der Waals surface area contributed by atoms with E-state index in [1.807, 2.05) is 20.9 Å². The van der Waals surface area contributed by atoms with Crippen LogP contribution in [0.25, 0.3) is 0 Å². The van der Waals surface area contributed by atoms with Gasteiger partial charge < -0.3 is 4.90 Å². The summed E-state index contributed by atoms with van der Waals surface area (Å²) in [5.74, 6) is 0.0830. The van der Waals surface area contributed by atoms with Gasteiger partial charge >= 0.3 is 0 Å². The fourth-order valence-corrected chi connectivity index (χ4v) is 2.10. The average Bonchev–Trinajstić information content (AvgIpc) is 2.30. The van der Waals surface area contributed by atoms with Crippen LogP contribution in [0.1, 0.15) is 17.4 Å². The van der Waals surface area contributed by atoms with Crippen LogP contribution in [0.4, 0.5) is 5.69 Å². The molecule has 0 aliphatic rings. The van der Waals surface area contributed by atoms with Crippen LogP contribution in [0.15, 0.2) is 5.38 Å². The fraction of sp³-hybridized carbons (Fsp3) is 0.444.